The normalized spacial score (nSPS) is 11.9. The quantitative estimate of drug-likeness (QED) is 0.755. The van der Waals surface area contributed by atoms with Crippen LogP contribution in [-0.4, -0.2) is 42.9 Å². The Bertz CT molecular complexity index is 566. The lowest BCUT2D eigenvalue weighted by Gasteiger charge is -2.12. The second-order valence-corrected chi connectivity index (χ2v) is 5.39. The Morgan fingerprint density at radius 2 is 2.11 bits per heavy atom. The third-order valence-corrected chi connectivity index (χ3v) is 3.31. The molecular weight excluding hydrogens is 258 g/mol. The summed E-state index contributed by atoms with van der Waals surface area (Å²) in [7, 11) is -0.848. The fraction of sp³-hybridized carbons (Fsp3) is 0.200. The number of nitrogens with one attached hydrogen (secondary N) is 1. The maximum atomic E-state index is 11.5. The number of aliphatic carboxylic acids is 1. The number of hydrogen-bond acceptors (Lipinski definition) is 4. The first-order chi connectivity index (χ1) is 8.31. The van der Waals surface area contributed by atoms with E-state index < -0.39 is 16.2 Å². The standard InChI is InChI=1S/C10H13N3O4S/c1-13(2)18(16,17)12-9-5-3-4-8(11-9)6-7-10(14)15/h3-7H,1-2H3,(H,11,12)(H,14,15). The van der Waals surface area contributed by atoms with Gasteiger partial charge in [-0.05, 0) is 18.2 Å². The number of anilines is 1. The summed E-state index contributed by atoms with van der Waals surface area (Å²) in [5.74, 6) is -0.979. The third-order valence-electron chi connectivity index (χ3n) is 1.88. The largest absolute Gasteiger partial charge is 0.478 e. The first kappa shape index (κ1) is 14.1. The second kappa shape index (κ2) is 5.61. The first-order valence-corrected chi connectivity index (χ1v) is 6.33. The maximum Gasteiger partial charge on any atom is 0.328 e. The van der Waals surface area contributed by atoms with Crippen LogP contribution < -0.4 is 4.72 Å². The van der Waals surface area contributed by atoms with E-state index in [2.05, 4.69) is 9.71 Å². The Hall–Kier alpha value is -1.93. The minimum Gasteiger partial charge on any atom is -0.478 e. The molecule has 0 aliphatic carbocycles. The van der Waals surface area contributed by atoms with Gasteiger partial charge in [0.15, 0.2) is 0 Å². The summed E-state index contributed by atoms with van der Waals surface area (Å²) in [6.45, 7) is 0. The average molecular weight is 271 g/mol. The van der Waals surface area contributed by atoms with Crippen molar-refractivity contribution in [3.8, 4) is 0 Å². The van der Waals surface area contributed by atoms with E-state index in [1.165, 1.54) is 26.2 Å². The zero-order chi connectivity index (χ0) is 13.8. The monoisotopic (exact) mass is 271 g/mol. The molecule has 1 aromatic rings. The lowest BCUT2D eigenvalue weighted by Crippen LogP contribution is -2.29. The molecule has 98 valence electrons. The number of rotatable bonds is 5. The van der Waals surface area contributed by atoms with Crippen molar-refractivity contribution in [1.82, 2.24) is 9.29 Å². The molecule has 1 heterocycles. The number of aromatic nitrogens is 1. The number of carbonyl (C=O) groups is 1. The lowest BCUT2D eigenvalue weighted by atomic mass is 10.3. The molecule has 0 fully saturated rings. The zero-order valence-corrected chi connectivity index (χ0v) is 10.7. The SMILES string of the molecule is CN(C)S(=O)(=O)Nc1cccc(C=CC(=O)O)n1. The van der Waals surface area contributed by atoms with E-state index in [9.17, 15) is 13.2 Å². The summed E-state index contributed by atoms with van der Waals surface area (Å²) in [6, 6.07) is 4.61. The van der Waals surface area contributed by atoms with E-state index >= 15 is 0 Å². The molecule has 0 aromatic carbocycles. The molecule has 7 nitrogen and oxygen atoms in total. The Labute approximate surface area is 105 Å². The highest BCUT2D eigenvalue weighted by atomic mass is 32.2. The molecular formula is C10H13N3O4S. The smallest absolute Gasteiger partial charge is 0.328 e. The molecule has 0 amide bonds. The van der Waals surface area contributed by atoms with Crippen LogP contribution in [0.4, 0.5) is 5.82 Å². The average Bonchev–Trinajstić information content (AvgIpc) is 2.26. The lowest BCUT2D eigenvalue weighted by molar-refractivity contribution is -0.131. The minimum absolute atomic E-state index is 0.122. The molecule has 1 aromatic heterocycles. The summed E-state index contributed by atoms with van der Waals surface area (Å²) < 4.78 is 26.3. The van der Waals surface area contributed by atoms with E-state index in [1.807, 2.05) is 0 Å². The molecule has 0 aliphatic rings. The third kappa shape index (κ3) is 4.15. The highest BCUT2D eigenvalue weighted by molar-refractivity contribution is 7.90. The van der Waals surface area contributed by atoms with Crippen LogP contribution in [0.15, 0.2) is 24.3 Å². The number of pyridine rings is 1. The van der Waals surface area contributed by atoms with Crippen molar-refractivity contribution in [2.75, 3.05) is 18.8 Å². The topological polar surface area (TPSA) is 99.6 Å². The molecule has 0 bridgehead atoms. The van der Waals surface area contributed by atoms with Crippen LogP contribution in [0, 0.1) is 0 Å². The van der Waals surface area contributed by atoms with Gasteiger partial charge in [-0.2, -0.15) is 12.7 Å². The molecule has 0 saturated heterocycles. The van der Waals surface area contributed by atoms with Crippen LogP contribution >= 0.6 is 0 Å². The van der Waals surface area contributed by atoms with Crippen LogP contribution in [0.5, 0.6) is 0 Å². The zero-order valence-electron chi connectivity index (χ0n) is 9.86. The molecule has 8 heteroatoms. The van der Waals surface area contributed by atoms with Gasteiger partial charge in [0.2, 0.25) is 0 Å². The molecule has 2 N–H and O–H groups in total. The van der Waals surface area contributed by atoms with E-state index in [0.29, 0.717) is 5.69 Å². The molecule has 0 unspecified atom stereocenters. The van der Waals surface area contributed by atoms with Crippen LogP contribution in [-0.2, 0) is 15.0 Å². The van der Waals surface area contributed by atoms with Crippen molar-refractivity contribution in [2.45, 2.75) is 0 Å². The van der Waals surface area contributed by atoms with Crippen LogP contribution in [0.1, 0.15) is 5.69 Å². The van der Waals surface area contributed by atoms with Gasteiger partial charge in [-0.25, -0.2) is 9.78 Å². The second-order valence-electron chi connectivity index (χ2n) is 3.51. The Morgan fingerprint density at radius 3 is 2.67 bits per heavy atom. The number of nitrogens with zero attached hydrogens (tertiary/aromatic N) is 2. The highest BCUT2D eigenvalue weighted by Gasteiger charge is 2.13. The van der Waals surface area contributed by atoms with Gasteiger partial charge < -0.3 is 5.11 Å². The Morgan fingerprint density at radius 1 is 1.44 bits per heavy atom. The van der Waals surface area contributed by atoms with Crippen LogP contribution in [0.25, 0.3) is 6.08 Å². The van der Waals surface area contributed by atoms with Gasteiger partial charge in [0.1, 0.15) is 5.82 Å². The van der Waals surface area contributed by atoms with Crippen molar-refractivity contribution < 1.29 is 18.3 Å². The maximum absolute atomic E-state index is 11.5. The van der Waals surface area contributed by atoms with Crippen LogP contribution in [0.3, 0.4) is 0 Å². The van der Waals surface area contributed by atoms with Crippen molar-refractivity contribution in [2.24, 2.45) is 0 Å². The predicted octanol–water partition coefficient (Wildman–Crippen LogP) is 0.398. The molecule has 0 spiro atoms. The van der Waals surface area contributed by atoms with Gasteiger partial charge in [-0.1, -0.05) is 6.07 Å². The molecule has 1 rings (SSSR count). The van der Waals surface area contributed by atoms with Gasteiger partial charge in [-0.3, -0.25) is 4.72 Å². The van der Waals surface area contributed by atoms with Gasteiger partial charge in [0, 0.05) is 20.2 Å². The van der Waals surface area contributed by atoms with Crippen LogP contribution in [0.2, 0.25) is 0 Å². The van der Waals surface area contributed by atoms with E-state index in [0.717, 1.165) is 10.4 Å². The summed E-state index contributed by atoms with van der Waals surface area (Å²) in [4.78, 5) is 14.3. The molecule has 0 atom stereocenters. The minimum atomic E-state index is -3.62. The van der Waals surface area contributed by atoms with Crippen molar-refractivity contribution >= 4 is 28.1 Å². The van der Waals surface area contributed by atoms with Crippen molar-refractivity contribution in [3.05, 3.63) is 30.0 Å². The Balaban J connectivity index is 2.93. The van der Waals surface area contributed by atoms with E-state index in [1.54, 1.807) is 12.1 Å². The number of hydrogen-bond donors (Lipinski definition) is 2. The van der Waals surface area contributed by atoms with Gasteiger partial charge in [0.25, 0.3) is 0 Å². The van der Waals surface area contributed by atoms with E-state index in [4.69, 9.17) is 5.11 Å². The van der Waals surface area contributed by atoms with Gasteiger partial charge in [0.05, 0.1) is 5.69 Å². The number of carboxylic acid groups (broad SMARTS) is 1. The summed E-state index contributed by atoms with van der Waals surface area (Å²) in [5.41, 5.74) is 0.344. The fourth-order valence-electron chi connectivity index (χ4n) is 0.981. The molecule has 0 radical (unpaired) electrons. The molecule has 0 aliphatic heterocycles. The predicted molar refractivity (Wildman–Crippen MR) is 67.1 cm³/mol. The van der Waals surface area contributed by atoms with Crippen molar-refractivity contribution in [3.63, 3.8) is 0 Å². The highest BCUT2D eigenvalue weighted by Crippen LogP contribution is 2.09. The summed E-state index contributed by atoms with van der Waals surface area (Å²) in [5, 5.41) is 8.47. The number of carboxylic acids is 1. The first-order valence-electron chi connectivity index (χ1n) is 4.89. The van der Waals surface area contributed by atoms with Gasteiger partial charge in [-0.15, -0.1) is 0 Å². The molecule has 0 saturated carbocycles. The summed E-state index contributed by atoms with van der Waals surface area (Å²) >= 11 is 0. The van der Waals surface area contributed by atoms with E-state index in [-0.39, 0.29) is 5.82 Å². The van der Waals surface area contributed by atoms with Gasteiger partial charge >= 0.3 is 16.2 Å². The van der Waals surface area contributed by atoms with Crippen molar-refractivity contribution in [1.29, 1.82) is 0 Å². The fourth-order valence-corrected chi connectivity index (χ4v) is 1.54. The Kier molecular flexibility index (Phi) is 4.40. The molecule has 18 heavy (non-hydrogen) atoms. The summed E-state index contributed by atoms with van der Waals surface area (Å²) in [6.07, 6.45) is 2.20.